The fourth-order valence-electron chi connectivity index (χ4n) is 2.89. The van der Waals surface area contributed by atoms with Gasteiger partial charge in [-0.05, 0) is 30.9 Å². The van der Waals surface area contributed by atoms with E-state index in [1.807, 2.05) is 35.1 Å². The van der Waals surface area contributed by atoms with Crippen molar-refractivity contribution in [3.05, 3.63) is 36.2 Å². The topological polar surface area (TPSA) is 37.5 Å². The van der Waals surface area contributed by atoms with Gasteiger partial charge in [0.2, 0.25) is 0 Å². The van der Waals surface area contributed by atoms with E-state index < -0.39 is 0 Å². The van der Waals surface area contributed by atoms with Gasteiger partial charge in [-0.25, -0.2) is 4.52 Å². The highest BCUT2D eigenvalue weighted by molar-refractivity contribution is 5.54. The van der Waals surface area contributed by atoms with E-state index in [1.165, 1.54) is 19.3 Å². The lowest BCUT2D eigenvalue weighted by atomic mass is 9.83. The molecule has 3 rings (SSSR count). The van der Waals surface area contributed by atoms with Crippen LogP contribution in [0.3, 0.4) is 0 Å². The maximum Gasteiger partial charge on any atom is 0.0854 e. The van der Waals surface area contributed by atoms with E-state index in [0.717, 1.165) is 23.9 Å². The summed E-state index contributed by atoms with van der Waals surface area (Å²) in [6, 6.07) is 5.97. The Hall–Kier alpha value is -1.35. The van der Waals surface area contributed by atoms with Crippen molar-refractivity contribution in [1.29, 1.82) is 0 Å². The lowest BCUT2D eigenvalue weighted by Crippen LogP contribution is -2.15. The molecule has 3 heteroatoms. The summed E-state index contributed by atoms with van der Waals surface area (Å²) in [5.74, 6) is 0.414. The zero-order valence-electron chi connectivity index (χ0n) is 9.92. The molecule has 1 fully saturated rings. The van der Waals surface area contributed by atoms with Crippen LogP contribution in [0, 0.1) is 5.92 Å². The Labute approximate surface area is 101 Å². The second-order valence-corrected chi connectivity index (χ2v) is 4.97. The minimum atomic E-state index is -0.352. The molecule has 1 unspecified atom stereocenters. The minimum absolute atomic E-state index is 0.352. The number of fused-ring (bicyclic) bond motifs is 1. The largest absolute Gasteiger partial charge is 0.388 e. The first-order valence-corrected chi connectivity index (χ1v) is 6.46. The highest BCUT2D eigenvalue weighted by Crippen LogP contribution is 2.35. The highest BCUT2D eigenvalue weighted by Gasteiger charge is 2.25. The number of aliphatic hydroxyl groups is 1. The Morgan fingerprint density at radius 2 is 2.06 bits per heavy atom. The van der Waals surface area contributed by atoms with Gasteiger partial charge >= 0.3 is 0 Å². The minimum Gasteiger partial charge on any atom is -0.388 e. The fourth-order valence-corrected chi connectivity index (χ4v) is 2.89. The molecule has 0 spiro atoms. The quantitative estimate of drug-likeness (QED) is 0.861. The maximum absolute atomic E-state index is 10.5. The molecule has 0 saturated heterocycles. The van der Waals surface area contributed by atoms with E-state index in [2.05, 4.69) is 5.10 Å². The van der Waals surface area contributed by atoms with Crippen molar-refractivity contribution in [3.8, 4) is 0 Å². The molecule has 2 aromatic rings. The van der Waals surface area contributed by atoms with Crippen LogP contribution in [0.2, 0.25) is 0 Å². The first-order valence-electron chi connectivity index (χ1n) is 6.46. The third kappa shape index (κ3) is 1.95. The zero-order valence-corrected chi connectivity index (χ0v) is 9.92. The highest BCUT2D eigenvalue weighted by atomic mass is 16.3. The summed E-state index contributed by atoms with van der Waals surface area (Å²) in [5, 5.41) is 14.8. The van der Waals surface area contributed by atoms with Crippen molar-refractivity contribution in [3.63, 3.8) is 0 Å². The molecule has 2 heterocycles. The molecule has 90 valence electrons. The fraction of sp³-hybridized carbons (Fsp3) is 0.500. The Kier molecular flexibility index (Phi) is 2.85. The van der Waals surface area contributed by atoms with E-state index in [4.69, 9.17) is 0 Å². The number of aromatic nitrogens is 2. The van der Waals surface area contributed by atoms with Crippen molar-refractivity contribution in [2.45, 2.75) is 38.2 Å². The standard InChI is InChI=1S/C14H18N2O/c17-14(11-6-2-1-3-7-11)12-10-15-16-9-5-4-8-13(12)16/h4-5,8-11,14,17H,1-3,6-7H2. The summed E-state index contributed by atoms with van der Waals surface area (Å²) < 4.78 is 1.83. The lowest BCUT2D eigenvalue weighted by molar-refractivity contribution is 0.0860. The first kappa shape index (κ1) is 10.8. The van der Waals surface area contributed by atoms with Crippen LogP contribution >= 0.6 is 0 Å². The number of rotatable bonds is 2. The van der Waals surface area contributed by atoms with Gasteiger partial charge in [0.25, 0.3) is 0 Å². The van der Waals surface area contributed by atoms with Crippen LogP contribution in [-0.2, 0) is 0 Å². The van der Waals surface area contributed by atoms with Gasteiger partial charge in [-0.1, -0.05) is 25.3 Å². The SMILES string of the molecule is OC(c1cnn2ccccc12)C1CCCCC1. The van der Waals surface area contributed by atoms with Crippen molar-refractivity contribution in [2.75, 3.05) is 0 Å². The Bertz CT molecular complexity index is 500. The normalized spacial score (nSPS) is 19.6. The van der Waals surface area contributed by atoms with Crippen molar-refractivity contribution in [2.24, 2.45) is 5.92 Å². The van der Waals surface area contributed by atoms with Gasteiger partial charge in [-0.3, -0.25) is 0 Å². The molecule has 3 nitrogen and oxygen atoms in total. The number of hydrogen-bond donors (Lipinski definition) is 1. The van der Waals surface area contributed by atoms with Gasteiger partial charge in [-0.2, -0.15) is 5.10 Å². The van der Waals surface area contributed by atoms with Gasteiger partial charge < -0.3 is 5.11 Å². The lowest BCUT2D eigenvalue weighted by Gasteiger charge is -2.26. The second-order valence-electron chi connectivity index (χ2n) is 4.97. The van der Waals surface area contributed by atoms with Crippen LogP contribution in [0.15, 0.2) is 30.6 Å². The van der Waals surface area contributed by atoms with E-state index >= 15 is 0 Å². The molecule has 0 aromatic carbocycles. The predicted octanol–water partition coefficient (Wildman–Crippen LogP) is 2.95. The molecular weight excluding hydrogens is 212 g/mol. The van der Waals surface area contributed by atoms with E-state index in [9.17, 15) is 5.11 Å². The molecule has 1 N–H and O–H groups in total. The van der Waals surface area contributed by atoms with E-state index in [0.29, 0.717) is 5.92 Å². The third-order valence-corrected chi connectivity index (χ3v) is 3.87. The summed E-state index contributed by atoms with van der Waals surface area (Å²) in [6.45, 7) is 0. The van der Waals surface area contributed by atoms with Crippen LogP contribution in [0.25, 0.3) is 5.52 Å². The maximum atomic E-state index is 10.5. The summed E-state index contributed by atoms with van der Waals surface area (Å²) in [6.07, 6.45) is 9.49. The van der Waals surface area contributed by atoms with Crippen LogP contribution in [0.4, 0.5) is 0 Å². The summed E-state index contributed by atoms with van der Waals surface area (Å²) in [5.41, 5.74) is 2.02. The number of aliphatic hydroxyl groups excluding tert-OH is 1. The summed E-state index contributed by atoms with van der Waals surface area (Å²) in [4.78, 5) is 0. The van der Waals surface area contributed by atoms with Crippen LogP contribution in [0.1, 0.15) is 43.8 Å². The molecule has 0 bridgehead atoms. The van der Waals surface area contributed by atoms with Crippen molar-refractivity contribution < 1.29 is 5.11 Å². The summed E-state index contributed by atoms with van der Waals surface area (Å²) >= 11 is 0. The molecule has 1 aliphatic carbocycles. The van der Waals surface area contributed by atoms with Crippen LogP contribution < -0.4 is 0 Å². The molecule has 1 saturated carbocycles. The average Bonchev–Trinajstić information content (AvgIpc) is 2.83. The second kappa shape index (κ2) is 4.49. The Balaban J connectivity index is 1.92. The van der Waals surface area contributed by atoms with Gasteiger partial charge in [0, 0.05) is 11.8 Å². The summed E-state index contributed by atoms with van der Waals surface area (Å²) in [7, 11) is 0. The molecule has 1 aliphatic rings. The smallest absolute Gasteiger partial charge is 0.0854 e. The third-order valence-electron chi connectivity index (χ3n) is 3.87. The molecule has 0 amide bonds. The van der Waals surface area contributed by atoms with Gasteiger partial charge in [0.05, 0.1) is 17.8 Å². The van der Waals surface area contributed by atoms with Crippen molar-refractivity contribution in [1.82, 2.24) is 9.61 Å². The molecule has 0 radical (unpaired) electrons. The number of pyridine rings is 1. The molecule has 2 aromatic heterocycles. The monoisotopic (exact) mass is 230 g/mol. The van der Waals surface area contributed by atoms with E-state index in [-0.39, 0.29) is 6.10 Å². The predicted molar refractivity (Wildman–Crippen MR) is 66.7 cm³/mol. The Morgan fingerprint density at radius 3 is 2.88 bits per heavy atom. The number of nitrogens with zero attached hydrogens (tertiary/aromatic N) is 2. The van der Waals surface area contributed by atoms with Crippen molar-refractivity contribution >= 4 is 5.52 Å². The van der Waals surface area contributed by atoms with Gasteiger partial charge in [0.1, 0.15) is 0 Å². The van der Waals surface area contributed by atoms with Crippen LogP contribution in [0.5, 0.6) is 0 Å². The molecular formula is C14H18N2O. The number of hydrogen-bond acceptors (Lipinski definition) is 2. The molecule has 1 atom stereocenters. The van der Waals surface area contributed by atoms with E-state index in [1.54, 1.807) is 0 Å². The molecule has 0 aliphatic heterocycles. The average molecular weight is 230 g/mol. The Morgan fingerprint density at radius 1 is 1.24 bits per heavy atom. The zero-order chi connectivity index (χ0) is 11.7. The molecule has 17 heavy (non-hydrogen) atoms. The van der Waals surface area contributed by atoms with Crippen LogP contribution in [-0.4, -0.2) is 14.7 Å². The van der Waals surface area contributed by atoms with Gasteiger partial charge in [-0.15, -0.1) is 0 Å². The van der Waals surface area contributed by atoms with Gasteiger partial charge in [0.15, 0.2) is 0 Å². The first-order chi connectivity index (χ1) is 8.36.